The van der Waals surface area contributed by atoms with E-state index in [1.54, 1.807) is 0 Å². The number of hydrogen-bond donors (Lipinski definition) is 3. The van der Waals surface area contributed by atoms with Crippen molar-refractivity contribution in [3.8, 4) is 0 Å². The fraction of sp³-hybridized carbons (Fsp3) is 0.900. The zero-order valence-electron chi connectivity index (χ0n) is 15.6. The molecular weight excluding hydrogens is 330 g/mol. The number of aliphatic hydroxyl groups is 1. The highest BCUT2D eigenvalue weighted by molar-refractivity contribution is 7.80. The minimum Gasteiger partial charge on any atom is -0.393 e. The number of rotatable bonds is 1. The summed E-state index contributed by atoms with van der Waals surface area (Å²) in [6, 6.07) is 0. The lowest BCUT2D eigenvalue weighted by atomic mass is 9.45. The van der Waals surface area contributed by atoms with Gasteiger partial charge in [0.2, 0.25) is 0 Å². The van der Waals surface area contributed by atoms with E-state index in [0.29, 0.717) is 5.41 Å². The van der Waals surface area contributed by atoms with Crippen LogP contribution in [-0.4, -0.2) is 22.0 Å². The Morgan fingerprint density at radius 2 is 1.88 bits per heavy atom. The van der Waals surface area contributed by atoms with Gasteiger partial charge in [-0.05, 0) is 105 Å². The van der Waals surface area contributed by atoms with Crippen LogP contribution in [0.1, 0.15) is 71.6 Å². The lowest BCUT2D eigenvalue weighted by Crippen LogP contribution is -2.54. The van der Waals surface area contributed by atoms with Gasteiger partial charge in [0.15, 0.2) is 5.11 Å². The molecular formula is C20H33N3OS. The highest BCUT2D eigenvalue weighted by Crippen LogP contribution is 2.65. The normalized spacial score (nSPS) is 50.7. The molecule has 5 heteroatoms. The summed E-state index contributed by atoms with van der Waals surface area (Å²) < 4.78 is 0. The first-order valence-electron chi connectivity index (χ1n) is 10.1. The van der Waals surface area contributed by atoms with Crippen LogP contribution in [0.4, 0.5) is 0 Å². The molecule has 25 heavy (non-hydrogen) atoms. The summed E-state index contributed by atoms with van der Waals surface area (Å²) in [6.45, 7) is 4.92. The van der Waals surface area contributed by atoms with Crippen LogP contribution in [0.15, 0.2) is 5.10 Å². The molecule has 4 aliphatic carbocycles. The summed E-state index contributed by atoms with van der Waals surface area (Å²) in [6.07, 6.45) is 10.8. The molecule has 140 valence electrons. The van der Waals surface area contributed by atoms with Gasteiger partial charge in [-0.1, -0.05) is 13.8 Å². The highest BCUT2D eigenvalue weighted by atomic mass is 32.1. The van der Waals surface area contributed by atoms with Crippen LogP contribution in [-0.2, 0) is 0 Å². The zero-order valence-corrected chi connectivity index (χ0v) is 16.4. The maximum Gasteiger partial charge on any atom is 0.184 e. The largest absolute Gasteiger partial charge is 0.393 e. The summed E-state index contributed by atoms with van der Waals surface area (Å²) in [5.41, 5.74) is 10.2. The summed E-state index contributed by atoms with van der Waals surface area (Å²) in [7, 11) is 0. The number of thiocarbonyl (C=S) groups is 1. The number of nitrogens with one attached hydrogen (secondary N) is 1. The molecule has 0 aliphatic heterocycles. The number of nitrogens with zero attached hydrogens (tertiary/aromatic N) is 1. The zero-order chi connectivity index (χ0) is 17.8. The van der Waals surface area contributed by atoms with E-state index in [9.17, 15) is 5.11 Å². The van der Waals surface area contributed by atoms with Crippen LogP contribution in [0.25, 0.3) is 0 Å². The molecule has 4 fully saturated rings. The van der Waals surface area contributed by atoms with E-state index in [2.05, 4.69) is 24.4 Å². The molecule has 4 rings (SSSR count). The third kappa shape index (κ3) is 2.73. The third-order valence-corrected chi connectivity index (χ3v) is 8.86. The van der Waals surface area contributed by atoms with Gasteiger partial charge in [-0.25, -0.2) is 0 Å². The van der Waals surface area contributed by atoms with Gasteiger partial charge in [-0.15, -0.1) is 0 Å². The Kier molecular flexibility index (Phi) is 4.39. The molecule has 0 heterocycles. The maximum atomic E-state index is 10.6. The smallest absolute Gasteiger partial charge is 0.184 e. The number of nitrogens with two attached hydrogens (primary N) is 1. The van der Waals surface area contributed by atoms with E-state index < -0.39 is 0 Å². The van der Waals surface area contributed by atoms with Gasteiger partial charge < -0.3 is 10.8 Å². The third-order valence-electron chi connectivity index (χ3n) is 8.77. The topological polar surface area (TPSA) is 70.6 Å². The molecule has 0 aromatic heterocycles. The second-order valence-corrected chi connectivity index (χ2v) is 10.1. The monoisotopic (exact) mass is 363 g/mol. The number of fused-ring (bicyclic) bond motifs is 5. The molecule has 7 atom stereocenters. The lowest BCUT2D eigenvalue weighted by Gasteiger charge is -2.60. The quantitative estimate of drug-likeness (QED) is 0.492. The van der Waals surface area contributed by atoms with Crippen molar-refractivity contribution in [3.05, 3.63) is 0 Å². The predicted molar refractivity (Wildman–Crippen MR) is 105 cm³/mol. The first-order valence-corrected chi connectivity index (χ1v) is 10.5. The molecule has 0 unspecified atom stereocenters. The first kappa shape index (κ1) is 17.7. The van der Waals surface area contributed by atoms with E-state index in [4.69, 9.17) is 18.0 Å². The summed E-state index contributed by atoms with van der Waals surface area (Å²) in [4.78, 5) is 0. The molecule has 0 saturated heterocycles. The molecule has 0 radical (unpaired) electrons. The van der Waals surface area contributed by atoms with Crippen molar-refractivity contribution < 1.29 is 5.11 Å². The lowest BCUT2D eigenvalue weighted by molar-refractivity contribution is -0.112. The predicted octanol–water partition coefficient (Wildman–Crippen LogP) is 3.58. The van der Waals surface area contributed by atoms with Gasteiger partial charge in [0.25, 0.3) is 0 Å². The van der Waals surface area contributed by atoms with Gasteiger partial charge in [0.1, 0.15) is 0 Å². The number of hydrogen-bond acceptors (Lipinski definition) is 3. The Hall–Kier alpha value is -0.680. The minimum absolute atomic E-state index is 0.0692. The molecule has 0 amide bonds. The summed E-state index contributed by atoms with van der Waals surface area (Å²) in [5, 5.41) is 15.3. The Labute approximate surface area is 157 Å². The number of hydrazone groups is 1. The minimum atomic E-state index is -0.0692. The van der Waals surface area contributed by atoms with Crippen LogP contribution in [0.5, 0.6) is 0 Å². The van der Waals surface area contributed by atoms with Crippen molar-refractivity contribution >= 4 is 23.0 Å². The van der Waals surface area contributed by atoms with Crippen molar-refractivity contribution in [3.63, 3.8) is 0 Å². The first-order chi connectivity index (χ1) is 11.8. The van der Waals surface area contributed by atoms with E-state index in [-0.39, 0.29) is 16.6 Å². The standard InChI is InChI=1S/C20H33N3OS/c1-19-9-7-13(22-23-18(21)25)11-12(19)3-4-14-15-5-6-17(24)20(15,2)10-8-16(14)19/h12,14-17,24H,3-11H2,1-2H3,(H3,21,23,25)/b22-13-/t12-,14+,15+,16-,17-,19-,20-/m0/s1. The molecule has 0 bridgehead atoms. The van der Waals surface area contributed by atoms with Crippen LogP contribution in [0.3, 0.4) is 0 Å². The van der Waals surface area contributed by atoms with Gasteiger partial charge in [-0.2, -0.15) is 5.10 Å². The molecule has 0 spiro atoms. The van der Waals surface area contributed by atoms with E-state index in [1.165, 1.54) is 44.2 Å². The van der Waals surface area contributed by atoms with Gasteiger partial charge >= 0.3 is 0 Å². The second kappa shape index (κ2) is 6.19. The van der Waals surface area contributed by atoms with Crippen LogP contribution in [0, 0.1) is 34.5 Å². The Morgan fingerprint density at radius 3 is 2.64 bits per heavy atom. The van der Waals surface area contributed by atoms with Crippen LogP contribution < -0.4 is 11.2 Å². The fourth-order valence-electron chi connectivity index (χ4n) is 7.27. The van der Waals surface area contributed by atoms with Crippen molar-refractivity contribution in [1.29, 1.82) is 0 Å². The Balaban J connectivity index is 1.53. The molecule has 4 N–H and O–H groups in total. The van der Waals surface area contributed by atoms with Crippen molar-refractivity contribution in [2.24, 2.45) is 45.3 Å². The Morgan fingerprint density at radius 1 is 1.12 bits per heavy atom. The highest BCUT2D eigenvalue weighted by Gasteiger charge is 2.59. The van der Waals surface area contributed by atoms with Gasteiger partial charge in [0.05, 0.1) is 6.10 Å². The molecule has 0 aromatic rings. The molecule has 4 saturated carbocycles. The van der Waals surface area contributed by atoms with Crippen LogP contribution >= 0.6 is 12.2 Å². The van der Waals surface area contributed by atoms with Gasteiger partial charge in [-0.3, -0.25) is 5.43 Å². The average Bonchev–Trinajstić information content (AvgIpc) is 2.88. The summed E-state index contributed by atoms with van der Waals surface area (Å²) in [5.74, 6) is 3.14. The molecule has 4 nitrogen and oxygen atoms in total. The summed E-state index contributed by atoms with van der Waals surface area (Å²) >= 11 is 4.88. The van der Waals surface area contributed by atoms with E-state index >= 15 is 0 Å². The molecule has 0 aromatic carbocycles. The van der Waals surface area contributed by atoms with Crippen molar-refractivity contribution in [2.75, 3.05) is 0 Å². The fourth-order valence-corrected chi connectivity index (χ4v) is 7.31. The van der Waals surface area contributed by atoms with Gasteiger partial charge in [0, 0.05) is 5.71 Å². The van der Waals surface area contributed by atoms with Crippen LogP contribution in [0.2, 0.25) is 0 Å². The number of aliphatic hydroxyl groups excluding tert-OH is 1. The molecule has 4 aliphatic rings. The second-order valence-electron chi connectivity index (χ2n) is 9.65. The van der Waals surface area contributed by atoms with Crippen molar-refractivity contribution in [2.45, 2.75) is 77.7 Å². The van der Waals surface area contributed by atoms with Crippen molar-refractivity contribution in [1.82, 2.24) is 5.43 Å². The van der Waals surface area contributed by atoms with E-state index in [0.717, 1.165) is 42.9 Å². The average molecular weight is 364 g/mol. The SMILES string of the molecule is C[C@]12CC[C@H]3[C@H](CC[C@H]4C/C(=N\NC(N)=S)CC[C@@]43C)[C@H]1CC[C@@H]2O. The maximum absolute atomic E-state index is 10.6. The van der Waals surface area contributed by atoms with E-state index in [1.807, 2.05) is 0 Å². The Bertz CT molecular complexity index is 593.